The molecule has 1 aliphatic rings. The molecule has 0 atom stereocenters. The molecule has 0 aliphatic carbocycles. The Bertz CT molecular complexity index is 1020. The van der Waals surface area contributed by atoms with Crippen LogP contribution in [0.5, 0.6) is 0 Å². The summed E-state index contributed by atoms with van der Waals surface area (Å²) in [7, 11) is 0. The Labute approximate surface area is 173 Å². The fraction of sp³-hybridized carbons (Fsp3) is 0.333. The summed E-state index contributed by atoms with van der Waals surface area (Å²) in [4.78, 5) is 28.5. The zero-order valence-electron chi connectivity index (χ0n) is 16.4. The number of pyridine rings is 1. The van der Waals surface area contributed by atoms with Crippen LogP contribution in [0.1, 0.15) is 21.6 Å². The molecule has 4 rings (SSSR count). The largest absolute Gasteiger partial charge is 0.456 e. The topological polar surface area (TPSA) is 77.4 Å². The SMILES string of the molecule is CSc1ncc2c(C)c(COC(=O)c3ccccc3)nc(N3CCOCC3)c2n1. The number of ether oxygens (including phenoxy) is 2. The number of nitrogens with zero attached hydrogens (tertiary/aromatic N) is 4. The molecular formula is C21H22N4O3S. The second-order valence-electron chi connectivity index (χ2n) is 6.67. The van der Waals surface area contributed by atoms with E-state index in [-0.39, 0.29) is 12.6 Å². The molecule has 8 heteroatoms. The number of thioether (sulfide) groups is 1. The second-order valence-corrected chi connectivity index (χ2v) is 7.44. The van der Waals surface area contributed by atoms with Gasteiger partial charge in [0.05, 0.1) is 24.5 Å². The highest BCUT2D eigenvalue weighted by Crippen LogP contribution is 2.29. The highest BCUT2D eigenvalue weighted by Gasteiger charge is 2.21. The van der Waals surface area contributed by atoms with Gasteiger partial charge < -0.3 is 14.4 Å². The lowest BCUT2D eigenvalue weighted by Gasteiger charge is -2.29. The predicted octanol–water partition coefficient (Wildman–Crippen LogP) is 3.25. The maximum atomic E-state index is 12.4. The maximum absolute atomic E-state index is 12.4. The minimum Gasteiger partial charge on any atom is -0.456 e. The van der Waals surface area contributed by atoms with Gasteiger partial charge in [0, 0.05) is 24.7 Å². The number of benzene rings is 1. The summed E-state index contributed by atoms with van der Waals surface area (Å²) < 4.78 is 11.0. The Hall–Kier alpha value is -2.71. The molecule has 7 nitrogen and oxygen atoms in total. The molecule has 1 fully saturated rings. The molecule has 0 bridgehead atoms. The smallest absolute Gasteiger partial charge is 0.338 e. The Morgan fingerprint density at radius 2 is 1.97 bits per heavy atom. The van der Waals surface area contributed by atoms with Crippen molar-refractivity contribution >= 4 is 34.5 Å². The van der Waals surface area contributed by atoms with Crippen molar-refractivity contribution in [1.82, 2.24) is 15.0 Å². The van der Waals surface area contributed by atoms with Crippen LogP contribution >= 0.6 is 11.8 Å². The van der Waals surface area contributed by atoms with E-state index in [1.807, 2.05) is 37.6 Å². The maximum Gasteiger partial charge on any atom is 0.338 e. The summed E-state index contributed by atoms with van der Waals surface area (Å²) in [6, 6.07) is 8.96. The summed E-state index contributed by atoms with van der Waals surface area (Å²) >= 11 is 1.50. The van der Waals surface area contributed by atoms with Crippen molar-refractivity contribution in [2.75, 3.05) is 37.5 Å². The molecule has 3 aromatic rings. The number of rotatable bonds is 5. The van der Waals surface area contributed by atoms with Crippen LogP contribution in [-0.4, -0.2) is 53.5 Å². The van der Waals surface area contributed by atoms with Gasteiger partial charge in [0.15, 0.2) is 11.0 Å². The highest BCUT2D eigenvalue weighted by molar-refractivity contribution is 7.98. The van der Waals surface area contributed by atoms with Crippen molar-refractivity contribution in [2.45, 2.75) is 18.7 Å². The zero-order chi connectivity index (χ0) is 20.2. The van der Waals surface area contributed by atoms with Gasteiger partial charge in [-0.1, -0.05) is 30.0 Å². The summed E-state index contributed by atoms with van der Waals surface area (Å²) in [5.41, 5.74) is 2.98. The van der Waals surface area contributed by atoms with E-state index in [4.69, 9.17) is 19.4 Å². The number of aromatic nitrogens is 3. The fourth-order valence-corrected chi connectivity index (χ4v) is 3.60. The molecule has 0 spiro atoms. The van der Waals surface area contributed by atoms with Crippen molar-refractivity contribution in [3.63, 3.8) is 0 Å². The minimum absolute atomic E-state index is 0.0944. The molecule has 3 heterocycles. The quantitative estimate of drug-likeness (QED) is 0.360. The zero-order valence-corrected chi connectivity index (χ0v) is 17.2. The Morgan fingerprint density at radius 1 is 1.21 bits per heavy atom. The Balaban J connectivity index is 1.70. The number of fused-ring (bicyclic) bond motifs is 1. The standard InChI is InChI=1S/C21H22N4O3S/c1-14-16-12-22-21(29-2)24-18(16)19(25-8-10-27-11-9-25)23-17(14)13-28-20(26)15-6-4-3-5-7-15/h3-7,12H,8-11,13H2,1-2H3. The number of morpholine rings is 1. The summed E-state index contributed by atoms with van der Waals surface area (Å²) in [6.07, 6.45) is 3.78. The third-order valence-corrected chi connectivity index (χ3v) is 5.46. The number of hydrogen-bond acceptors (Lipinski definition) is 8. The van der Waals surface area contributed by atoms with Crippen LogP contribution in [0.25, 0.3) is 10.9 Å². The van der Waals surface area contributed by atoms with Crippen molar-refractivity contribution < 1.29 is 14.3 Å². The summed E-state index contributed by atoms with van der Waals surface area (Å²) in [6.45, 7) is 4.84. The van der Waals surface area contributed by atoms with E-state index in [0.717, 1.165) is 35.4 Å². The summed E-state index contributed by atoms with van der Waals surface area (Å²) in [5, 5.41) is 1.63. The molecule has 0 N–H and O–H groups in total. The molecule has 1 aromatic carbocycles. The number of anilines is 1. The van der Waals surface area contributed by atoms with E-state index in [1.165, 1.54) is 11.8 Å². The average Bonchev–Trinajstić information content (AvgIpc) is 2.79. The van der Waals surface area contributed by atoms with E-state index in [0.29, 0.717) is 29.6 Å². The van der Waals surface area contributed by atoms with E-state index in [9.17, 15) is 4.79 Å². The number of carbonyl (C=O) groups excluding carboxylic acids is 1. The van der Waals surface area contributed by atoms with Crippen molar-refractivity contribution in [3.8, 4) is 0 Å². The third kappa shape index (κ3) is 4.18. The van der Waals surface area contributed by atoms with Gasteiger partial charge in [-0.2, -0.15) is 0 Å². The first-order chi connectivity index (χ1) is 14.2. The lowest BCUT2D eigenvalue weighted by Crippen LogP contribution is -2.37. The van der Waals surface area contributed by atoms with Crippen LogP contribution in [0.3, 0.4) is 0 Å². The summed E-state index contributed by atoms with van der Waals surface area (Å²) in [5.74, 6) is 0.422. The van der Waals surface area contributed by atoms with Gasteiger partial charge in [0.25, 0.3) is 0 Å². The predicted molar refractivity (Wildman–Crippen MR) is 112 cm³/mol. The molecule has 0 radical (unpaired) electrons. The number of esters is 1. The van der Waals surface area contributed by atoms with Gasteiger partial charge in [-0.3, -0.25) is 0 Å². The normalized spacial score (nSPS) is 14.2. The molecule has 29 heavy (non-hydrogen) atoms. The lowest BCUT2D eigenvalue weighted by molar-refractivity contribution is 0.0467. The molecule has 2 aromatic heterocycles. The van der Waals surface area contributed by atoms with E-state index in [2.05, 4.69) is 9.88 Å². The van der Waals surface area contributed by atoms with Gasteiger partial charge in [0.2, 0.25) is 0 Å². The van der Waals surface area contributed by atoms with Gasteiger partial charge in [0.1, 0.15) is 12.1 Å². The van der Waals surface area contributed by atoms with Gasteiger partial charge in [-0.25, -0.2) is 19.7 Å². The first-order valence-electron chi connectivity index (χ1n) is 9.42. The number of hydrogen-bond donors (Lipinski definition) is 0. The van der Waals surface area contributed by atoms with Gasteiger partial charge in [-0.05, 0) is 30.9 Å². The van der Waals surface area contributed by atoms with Crippen LogP contribution in [0.4, 0.5) is 5.82 Å². The van der Waals surface area contributed by atoms with Crippen LogP contribution < -0.4 is 4.90 Å². The number of aryl methyl sites for hydroxylation is 1. The Kier molecular flexibility index (Phi) is 5.92. The molecular weight excluding hydrogens is 388 g/mol. The molecule has 1 saturated heterocycles. The molecule has 150 valence electrons. The van der Waals surface area contributed by atoms with Crippen molar-refractivity contribution in [2.24, 2.45) is 0 Å². The lowest BCUT2D eigenvalue weighted by atomic mass is 10.1. The van der Waals surface area contributed by atoms with E-state index >= 15 is 0 Å². The van der Waals surface area contributed by atoms with Crippen LogP contribution in [0.2, 0.25) is 0 Å². The third-order valence-electron chi connectivity index (χ3n) is 4.90. The molecule has 1 aliphatic heterocycles. The second kappa shape index (κ2) is 8.75. The first-order valence-corrected chi connectivity index (χ1v) is 10.6. The first kappa shape index (κ1) is 19.6. The number of carbonyl (C=O) groups is 1. The van der Waals surface area contributed by atoms with E-state index in [1.54, 1.807) is 12.1 Å². The average molecular weight is 410 g/mol. The molecule has 0 unspecified atom stereocenters. The van der Waals surface area contributed by atoms with Gasteiger partial charge in [-0.15, -0.1) is 0 Å². The van der Waals surface area contributed by atoms with E-state index < -0.39 is 0 Å². The van der Waals surface area contributed by atoms with Crippen LogP contribution in [-0.2, 0) is 16.1 Å². The highest BCUT2D eigenvalue weighted by atomic mass is 32.2. The van der Waals surface area contributed by atoms with Crippen LogP contribution in [0.15, 0.2) is 41.7 Å². The minimum atomic E-state index is -0.367. The molecule has 0 saturated carbocycles. The molecule has 0 amide bonds. The van der Waals surface area contributed by atoms with Crippen molar-refractivity contribution in [3.05, 3.63) is 53.3 Å². The Morgan fingerprint density at radius 3 is 2.69 bits per heavy atom. The van der Waals surface area contributed by atoms with Crippen LogP contribution in [0, 0.1) is 6.92 Å². The fourth-order valence-electron chi connectivity index (χ4n) is 3.26. The van der Waals surface area contributed by atoms with Gasteiger partial charge >= 0.3 is 5.97 Å². The monoisotopic (exact) mass is 410 g/mol. The van der Waals surface area contributed by atoms with Crippen molar-refractivity contribution in [1.29, 1.82) is 0 Å².